The Balaban J connectivity index is 1.49. The van der Waals surface area contributed by atoms with Crippen LogP contribution in [0.1, 0.15) is 44.8 Å². The largest absolute Gasteiger partial charge is 0.489 e. The maximum atomic E-state index is 12.2. The lowest BCUT2D eigenvalue weighted by Gasteiger charge is -2.20. The average molecular weight is 634 g/mol. The van der Waals surface area contributed by atoms with Gasteiger partial charge in [-0.1, -0.05) is 25.7 Å². The number of phosphoric ester groups is 1. The van der Waals surface area contributed by atoms with Crippen molar-refractivity contribution in [3.8, 4) is 0 Å². The van der Waals surface area contributed by atoms with Gasteiger partial charge in [0.05, 0.1) is 19.3 Å². The van der Waals surface area contributed by atoms with Gasteiger partial charge in [0.1, 0.15) is 18.3 Å². The number of hydrogen-bond donors (Lipinski definition) is 8. The van der Waals surface area contributed by atoms with Crippen molar-refractivity contribution < 1.29 is 56.5 Å². The molecule has 19 nitrogen and oxygen atoms in total. The molecule has 0 aromatic carbocycles. The van der Waals surface area contributed by atoms with E-state index in [4.69, 9.17) is 10.5 Å². The third-order valence-electron chi connectivity index (χ3n) is 5.74. The Morgan fingerprint density at radius 2 is 1.68 bits per heavy atom. The van der Waals surface area contributed by atoms with Gasteiger partial charge in [-0.2, -0.15) is 8.62 Å². The fourth-order valence-corrected chi connectivity index (χ4v) is 7.59. The number of fused-ring (bicyclic) bond motifs is 1. The van der Waals surface area contributed by atoms with Crippen LogP contribution in [0.15, 0.2) is 17.4 Å². The second-order valence-corrected chi connectivity index (χ2v) is 13.6. The first-order valence-corrected chi connectivity index (χ1v) is 16.7. The molecule has 2 aromatic rings. The van der Waals surface area contributed by atoms with Gasteiger partial charge in [-0.3, -0.25) is 13.9 Å². The molecule has 228 valence electrons. The third kappa shape index (κ3) is 9.31. The Hall–Kier alpha value is -1.40. The summed E-state index contributed by atoms with van der Waals surface area (Å²) >= 11 is 0. The Kier molecular flexibility index (Phi) is 11.7. The van der Waals surface area contributed by atoms with E-state index in [2.05, 4.69) is 33.2 Å². The van der Waals surface area contributed by atoms with Gasteiger partial charge >= 0.3 is 23.4 Å². The van der Waals surface area contributed by atoms with E-state index in [1.807, 2.05) is 0 Å². The normalized spacial score (nSPS) is 25.9. The number of phosphoric acid groups is 2. The predicted octanol–water partition coefficient (Wildman–Crippen LogP) is -0.0213. The minimum absolute atomic E-state index is 0.0145. The zero-order valence-corrected chi connectivity index (χ0v) is 23.8. The highest BCUT2D eigenvalue weighted by atomic mass is 31.3. The first kappa shape index (κ1) is 33.1. The highest BCUT2D eigenvalue weighted by molar-refractivity contribution is 7.67. The number of H-pyrrole nitrogens is 1. The second-order valence-electron chi connectivity index (χ2n) is 8.84. The maximum Gasteiger partial charge on any atom is 0.489 e. The van der Waals surface area contributed by atoms with E-state index in [0.29, 0.717) is 19.4 Å². The van der Waals surface area contributed by atoms with E-state index in [0.717, 1.165) is 42.9 Å². The molecule has 0 radical (unpaired) electrons. The number of nitrogens with one attached hydrogen (secondary N) is 2. The Morgan fingerprint density at radius 1 is 1.00 bits per heavy atom. The molecule has 7 atom stereocenters. The monoisotopic (exact) mass is 634 g/mol. The fraction of sp³-hybridized carbons (Fsp3) is 0.722. The molecule has 0 bridgehead atoms. The molecular weight excluding hydrogens is 601 g/mol. The molecule has 0 aliphatic carbocycles. The lowest BCUT2D eigenvalue weighted by Crippen LogP contribution is -2.33. The van der Waals surface area contributed by atoms with Crippen LogP contribution in [-0.2, 0) is 31.6 Å². The van der Waals surface area contributed by atoms with Crippen LogP contribution in [0.25, 0.3) is 11.2 Å². The summed E-state index contributed by atoms with van der Waals surface area (Å²) in [7, 11) is -16.0. The van der Waals surface area contributed by atoms with Crippen molar-refractivity contribution in [1.29, 1.82) is 0 Å². The topological polar surface area (TPSA) is 291 Å². The van der Waals surface area contributed by atoms with Crippen molar-refractivity contribution in [1.82, 2.24) is 24.6 Å². The lowest BCUT2D eigenvalue weighted by molar-refractivity contribution is -0.0503. The number of nitrogens with zero attached hydrogens (tertiary/aromatic N) is 3. The van der Waals surface area contributed by atoms with E-state index in [9.17, 15) is 43.4 Å². The molecule has 0 spiro atoms. The second kappa shape index (κ2) is 14.2. The molecule has 1 fully saturated rings. The zero-order chi connectivity index (χ0) is 29.6. The van der Waals surface area contributed by atoms with E-state index < -0.39 is 60.1 Å². The van der Waals surface area contributed by atoms with Crippen molar-refractivity contribution in [2.75, 3.05) is 19.7 Å². The molecule has 3 heterocycles. The number of imidazole rings is 1. The molecule has 1 aliphatic rings. The smallest absolute Gasteiger partial charge is 0.387 e. The van der Waals surface area contributed by atoms with Gasteiger partial charge in [0.2, 0.25) is 0 Å². The van der Waals surface area contributed by atoms with Crippen molar-refractivity contribution in [3.05, 3.63) is 23.0 Å². The molecule has 1 aliphatic heterocycles. The van der Waals surface area contributed by atoms with Crippen molar-refractivity contribution in [3.63, 3.8) is 0 Å². The summed E-state index contributed by atoms with van der Waals surface area (Å²) in [6.45, 7) is -0.383. The van der Waals surface area contributed by atoms with E-state index in [-0.39, 0.29) is 17.7 Å². The molecule has 3 unspecified atom stereocenters. The molecule has 22 heteroatoms. The van der Waals surface area contributed by atoms with E-state index in [1.54, 1.807) is 0 Å². The van der Waals surface area contributed by atoms with E-state index >= 15 is 0 Å². The fourth-order valence-electron chi connectivity index (χ4n) is 3.85. The SMILES string of the molecule is NCCCCCCCCNP(=O)(O)OP(=O)(O)OP(=O)(O)OC[C@H]1O[C@@H](n2cnc3c(=O)[nH]cnc32)[C@H](O)[C@@H]1O. The van der Waals surface area contributed by atoms with Crippen LogP contribution in [0, 0.1) is 0 Å². The first-order chi connectivity index (χ1) is 18.8. The van der Waals surface area contributed by atoms with Gasteiger partial charge in [0.15, 0.2) is 17.4 Å². The maximum absolute atomic E-state index is 12.2. The van der Waals surface area contributed by atoms with Crippen LogP contribution >= 0.6 is 23.4 Å². The zero-order valence-electron chi connectivity index (χ0n) is 21.1. The number of aromatic nitrogens is 4. The van der Waals surface area contributed by atoms with Crippen LogP contribution in [0.4, 0.5) is 0 Å². The third-order valence-corrected chi connectivity index (χ3v) is 10.2. The average Bonchev–Trinajstić information content (AvgIpc) is 3.40. The van der Waals surface area contributed by atoms with Gasteiger partial charge in [0, 0.05) is 6.54 Å². The minimum atomic E-state index is -5.61. The molecule has 0 amide bonds. The molecule has 2 aromatic heterocycles. The number of ether oxygens (including phenoxy) is 1. The summed E-state index contributed by atoms with van der Waals surface area (Å²) in [5.41, 5.74) is 4.78. The lowest BCUT2D eigenvalue weighted by atomic mass is 10.1. The Labute approximate surface area is 227 Å². The summed E-state index contributed by atoms with van der Waals surface area (Å²) < 4.78 is 55.8. The van der Waals surface area contributed by atoms with Crippen molar-refractivity contribution in [2.24, 2.45) is 5.73 Å². The van der Waals surface area contributed by atoms with Crippen LogP contribution < -0.4 is 16.4 Å². The summed E-state index contributed by atoms with van der Waals surface area (Å²) in [6, 6.07) is 0. The molecule has 3 rings (SSSR count). The Morgan fingerprint density at radius 3 is 2.38 bits per heavy atom. The summed E-state index contributed by atoms with van der Waals surface area (Å²) in [4.78, 5) is 51.3. The summed E-state index contributed by atoms with van der Waals surface area (Å²) in [5.74, 6) is 0. The molecule has 1 saturated heterocycles. The number of nitrogens with two attached hydrogens (primary N) is 1. The standard InChI is InChI=1S/C18H33N6O13P3/c19-7-5-3-1-2-4-6-8-23-38(28,29)36-40(32,33)37-39(30,31)34-9-12-14(25)15(26)18(35-12)24-11-22-13-16(24)20-10-21-17(13)27/h10-12,14-15,18,25-26H,1-9,19H2,(H,30,31)(H,32,33)(H,20,21,27)(H2,23,28,29)/t12-,14-,15-,18-/m1/s1. The highest BCUT2D eigenvalue weighted by Crippen LogP contribution is 2.66. The van der Waals surface area contributed by atoms with Crippen LogP contribution in [-0.4, -0.2) is 82.4 Å². The van der Waals surface area contributed by atoms with Crippen molar-refractivity contribution in [2.45, 2.75) is 63.1 Å². The highest BCUT2D eigenvalue weighted by Gasteiger charge is 2.47. The number of aliphatic hydroxyl groups excluding tert-OH is 2. The number of aliphatic hydroxyl groups is 2. The minimum Gasteiger partial charge on any atom is -0.387 e. The van der Waals surface area contributed by atoms with Crippen molar-refractivity contribution >= 4 is 34.6 Å². The number of unbranched alkanes of at least 4 members (excludes halogenated alkanes) is 5. The molecule has 40 heavy (non-hydrogen) atoms. The first-order valence-electron chi connectivity index (χ1n) is 12.2. The predicted molar refractivity (Wildman–Crippen MR) is 136 cm³/mol. The van der Waals surface area contributed by atoms with Gasteiger partial charge in [0.25, 0.3) is 5.56 Å². The van der Waals surface area contributed by atoms with E-state index in [1.165, 1.54) is 0 Å². The van der Waals surface area contributed by atoms with Gasteiger partial charge in [-0.25, -0.2) is 28.8 Å². The summed E-state index contributed by atoms with van der Waals surface area (Å²) in [5, 5.41) is 22.8. The van der Waals surface area contributed by atoms with Crippen LogP contribution in [0.2, 0.25) is 0 Å². The van der Waals surface area contributed by atoms with Gasteiger partial charge in [-0.05, 0) is 19.4 Å². The van der Waals surface area contributed by atoms with Gasteiger partial charge in [-0.15, -0.1) is 0 Å². The van der Waals surface area contributed by atoms with Gasteiger partial charge < -0.3 is 40.3 Å². The number of rotatable bonds is 17. The number of aromatic amines is 1. The number of hydrogen-bond acceptors (Lipinski definition) is 13. The quantitative estimate of drug-likeness (QED) is 0.0837. The molecule has 0 saturated carbocycles. The Bertz CT molecular complexity index is 1320. The molecular formula is C18H33N6O13P3. The van der Waals surface area contributed by atoms with Crippen LogP contribution in [0.3, 0.4) is 0 Å². The molecule has 9 N–H and O–H groups in total. The summed E-state index contributed by atoms with van der Waals surface area (Å²) in [6.07, 6.45) is 0.915. The van der Waals surface area contributed by atoms with Crippen LogP contribution in [0.5, 0.6) is 0 Å².